The van der Waals surface area contributed by atoms with Gasteiger partial charge in [-0.3, -0.25) is 34.3 Å². The fourth-order valence-electron chi connectivity index (χ4n) is 2.98. The fourth-order valence-corrected chi connectivity index (χ4v) is 3.96. The number of phenolic OH excluding ortho intramolecular Hbond substituents is 2. The van der Waals surface area contributed by atoms with Crippen LogP contribution in [-0.4, -0.2) is 58.0 Å². The number of azo groups is 1. The number of hydrogen-bond acceptors (Lipinski definition) is 13. The second-order valence-electron chi connectivity index (χ2n) is 7.05. The molecule has 0 aliphatic heterocycles. The molecule has 0 saturated carbocycles. The summed E-state index contributed by atoms with van der Waals surface area (Å²) in [6.07, 6.45) is 0.818. The van der Waals surface area contributed by atoms with Crippen LogP contribution in [0, 0.1) is 20.2 Å². The molecule has 0 bridgehead atoms. The molecule has 0 aliphatic carbocycles. The molecule has 0 saturated heterocycles. The summed E-state index contributed by atoms with van der Waals surface area (Å²) in [6, 6.07) is 5.19. The van der Waals surface area contributed by atoms with Crippen molar-refractivity contribution in [1.82, 2.24) is 0 Å². The average molecular weight is 555 g/mol. The lowest BCUT2D eigenvalue weighted by atomic mass is 10.1. The van der Waals surface area contributed by atoms with Gasteiger partial charge in [-0.1, -0.05) is 6.07 Å². The molecule has 3 rings (SSSR count). The first-order chi connectivity index (χ1) is 17.1. The minimum Gasteiger partial charge on any atom is -0.505 e. The molecule has 0 unspecified atom stereocenters. The van der Waals surface area contributed by atoms with Gasteiger partial charge in [0.15, 0.2) is 5.75 Å². The largest absolute Gasteiger partial charge is 0.505 e. The third-order valence-electron chi connectivity index (χ3n) is 4.57. The van der Waals surface area contributed by atoms with Gasteiger partial charge in [-0.15, -0.1) is 10.2 Å². The number of non-ortho nitro benzene ring substituents is 1. The van der Waals surface area contributed by atoms with Crippen molar-refractivity contribution in [2.45, 2.75) is 4.90 Å². The van der Waals surface area contributed by atoms with Crippen molar-refractivity contribution in [2.75, 3.05) is 5.75 Å². The quantitative estimate of drug-likeness (QED) is 0.102. The lowest BCUT2D eigenvalue weighted by molar-refractivity contribution is -0.394. The Kier molecular flexibility index (Phi) is 7.16. The number of rotatable bonds is 8. The van der Waals surface area contributed by atoms with E-state index in [1.807, 2.05) is 0 Å². The molecule has 3 aromatic rings. The van der Waals surface area contributed by atoms with Gasteiger partial charge < -0.3 is 10.2 Å². The fraction of sp³-hybridized carbons (Fsp3) is 0.0556. The normalized spacial score (nSPS) is 12.5. The predicted octanol–water partition coefficient (Wildman–Crippen LogP) is 3.32. The molecule has 17 nitrogen and oxygen atoms in total. The molecule has 0 amide bonds. The molecular formula is C18H13N5O12S2. The molecule has 0 aliphatic rings. The van der Waals surface area contributed by atoms with Crippen LogP contribution in [-0.2, 0) is 20.2 Å². The maximum absolute atomic E-state index is 11.9. The summed E-state index contributed by atoms with van der Waals surface area (Å²) in [7, 11) is -9.31. The summed E-state index contributed by atoms with van der Waals surface area (Å²) in [5.41, 5.74) is -3.33. The molecule has 0 spiro atoms. The van der Waals surface area contributed by atoms with Gasteiger partial charge in [0.05, 0.1) is 21.6 Å². The number of phenols is 2. The third-order valence-corrected chi connectivity index (χ3v) is 6.03. The second kappa shape index (κ2) is 9.81. The number of nitro groups is 2. The van der Waals surface area contributed by atoms with E-state index in [1.54, 1.807) is 0 Å². The molecular weight excluding hydrogens is 542 g/mol. The molecule has 19 heteroatoms. The van der Waals surface area contributed by atoms with Crippen LogP contribution in [0.1, 0.15) is 0 Å². The summed E-state index contributed by atoms with van der Waals surface area (Å²) < 4.78 is 63.9. The predicted molar refractivity (Wildman–Crippen MR) is 126 cm³/mol. The Morgan fingerprint density at radius 1 is 0.838 bits per heavy atom. The highest BCUT2D eigenvalue weighted by molar-refractivity contribution is 7.86. The maximum Gasteiger partial charge on any atom is 0.319 e. The zero-order valence-corrected chi connectivity index (χ0v) is 19.5. The molecule has 37 heavy (non-hydrogen) atoms. The summed E-state index contributed by atoms with van der Waals surface area (Å²) >= 11 is 0. The van der Waals surface area contributed by atoms with Crippen LogP contribution in [0.5, 0.6) is 11.5 Å². The van der Waals surface area contributed by atoms with Gasteiger partial charge in [0.2, 0.25) is 5.75 Å². The molecule has 0 fully saturated rings. The highest BCUT2D eigenvalue weighted by atomic mass is 32.2. The maximum atomic E-state index is 11.9. The number of aromatic hydroxyl groups is 2. The van der Waals surface area contributed by atoms with E-state index in [4.69, 9.17) is 4.55 Å². The summed E-state index contributed by atoms with van der Waals surface area (Å²) in [5.74, 6) is -2.71. The minimum atomic E-state index is -4.94. The van der Waals surface area contributed by atoms with Crippen LogP contribution < -0.4 is 0 Å². The van der Waals surface area contributed by atoms with Crippen LogP contribution >= 0.6 is 0 Å². The van der Waals surface area contributed by atoms with Gasteiger partial charge in [-0.25, -0.2) is 0 Å². The molecule has 0 aromatic heterocycles. The number of nitro benzene ring substituents is 2. The Balaban J connectivity index is 2.22. The standard InChI is InChI=1S/C18H13N5O12S2/c24-17-12-5-9(19-3-4-36(30,31)32)1-2-11(12)16(37(33,34)35)8-14(17)21-20-13-6-10(22(26)27)7-15(18(13)25)23(28)29/h1-3,5-8,24-25H,4H2,(H,30,31,32)(H,33,34,35). The van der Waals surface area contributed by atoms with E-state index < -0.39 is 75.0 Å². The summed E-state index contributed by atoms with van der Waals surface area (Å²) in [6.45, 7) is 0. The zero-order valence-electron chi connectivity index (χ0n) is 17.9. The number of fused-ring (bicyclic) bond motifs is 1. The number of hydrogen-bond donors (Lipinski definition) is 4. The first-order valence-corrected chi connectivity index (χ1v) is 12.5. The SMILES string of the molecule is O=[N+]([O-])c1cc(N=Nc2cc(S(=O)(=O)O)c3ccc(N=CCS(=O)(=O)O)cc3c2O)c(O)c([N+](=O)[O-])c1. The van der Waals surface area contributed by atoms with E-state index in [0.29, 0.717) is 18.2 Å². The Hall–Kier alpha value is -4.59. The Labute approximate surface area is 205 Å². The highest BCUT2D eigenvalue weighted by Gasteiger charge is 2.25. The topological polar surface area (TPSA) is 273 Å². The highest BCUT2D eigenvalue weighted by Crippen LogP contribution is 2.43. The van der Waals surface area contributed by atoms with E-state index in [2.05, 4.69) is 15.2 Å². The van der Waals surface area contributed by atoms with E-state index in [0.717, 1.165) is 18.3 Å². The van der Waals surface area contributed by atoms with Crippen LogP contribution in [0.15, 0.2) is 56.5 Å². The zero-order chi connectivity index (χ0) is 27.7. The van der Waals surface area contributed by atoms with Crippen molar-refractivity contribution >= 4 is 65.7 Å². The smallest absolute Gasteiger partial charge is 0.319 e. The van der Waals surface area contributed by atoms with Crippen LogP contribution in [0.4, 0.5) is 28.4 Å². The minimum absolute atomic E-state index is 0.0196. The van der Waals surface area contributed by atoms with Crippen LogP contribution in [0.3, 0.4) is 0 Å². The van der Waals surface area contributed by atoms with Crippen LogP contribution in [0.25, 0.3) is 10.8 Å². The van der Waals surface area contributed by atoms with Gasteiger partial charge in [0, 0.05) is 23.1 Å². The van der Waals surface area contributed by atoms with Crippen molar-refractivity contribution in [3.8, 4) is 11.5 Å². The van der Waals surface area contributed by atoms with Crippen molar-refractivity contribution in [2.24, 2.45) is 15.2 Å². The van der Waals surface area contributed by atoms with Crippen molar-refractivity contribution in [3.05, 3.63) is 56.6 Å². The van der Waals surface area contributed by atoms with Crippen molar-refractivity contribution in [1.29, 1.82) is 0 Å². The van der Waals surface area contributed by atoms with Gasteiger partial charge in [-0.2, -0.15) is 16.8 Å². The molecule has 194 valence electrons. The monoisotopic (exact) mass is 555 g/mol. The van der Waals surface area contributed by atoms with Gasteiger partial charge in [0.1, 0.15) is 22.0 Å². The Morgan fingerprint density at radius 2 is 1.46 bits per heavy atom. The average Bonchev–Trinajstić information content (AvgIpc) is 2.77. The Morgan fingerprint density at radius 3 is 2.00 bits per heavy atom. The van der Waals surface area contributed by atoms with Crippen molar-refractivity contribution in [3.63, 3.8) is 0 Å². The molecule has 0 heterocycles. The summed E-state index contributed by atoms with van der Waals surface area (Å²) in [5, 5.41) is 49.4. The van der Waals surface area contributed by atoms with Gasteiger partial charge in [-0.05, 0) is 18.2 Å². The molecule has 4 N–H and O–H groups in total. The molecule has 0 radical (unpaired) electrons. The lowest BCUT2D eigenvalue weighted by Gasteiger charge is -2.09. The van der Waals surface area contributed by atoms with Gasteiger partial charge >= 0.3 is 5.69 Å². The van der Waals surface area contributed by atoms with Crippen molar-refractivity contribution < 1.29 is 46.0 Å². The Bertz CT molecular complexity index is 1730. The first-order valence-electron chi connectivity index (χ1n) is 9.41. The number of benzene rings is 3. The number of aliphatic imine (C=N–C) groups is 1. The van der Waals surface area contributed by atoms with Gasteiger partial charge in [0.25, 0.3) is 25.9 Å². The molecule has 0 atom stereocenters. The van der Waals surface area contributed by atoms with E-state index >= 15 is 0 Å². The first kappa shape index (κ1) is 27.0. The van der Waals surface area contributed by atoms with E-state index in [-0.39, 0.29) is 16.5 Å². The van der Waals surface area contributed by atoms with E-state index in [9.17, 15) is 51.8 Å². The number of nitrogens with zero attached hydrogens (tertiary/aromatic N) is 5. The second-order valence-corrected chi connectivity index (χ2v) is 9.94. The summed E-state index contributed by atoms with van der Waals surface area (Å²) in [4.78, 5) is 23.0. The van der Waals surface area contributed by atoms with Crippen LogP contribution in [0.2, 0.25) is 0 Å². The van der Waals surface area contributed by atoms with E-state index in [1.165, 1.54) is 6.07 Å². The molecule has 3 aromatic carbocycles. The third kappa shape index (κ3) is 6.16. The lowest BCUT2D eigenvalue weighted by Crippen LogP contribution is -2.04.